The first-order chi connectivity index (χ1) is 13.7. The van der Waals surface area contributed by atoms with Gasteiger partial charge >= 0.3 is 0 Å². The minimum absolute atomic E-state index is 0.0164. The standard InChI is InChI=1S/C18H20F4N6O/c1-9-4-5-27(25-9)7-10(2)23-14(29)8-28-18-15(11(3)26-28)12(16(19)20)6-13(24-18)17(21)22/h4-6,10,16-17H,7-8H2,1-3H3,(H,23,29). The average molecular weight is 412 g/mol. The predicted molar refractivity (Wildman–Crippen MR) is 96.7 cm³/mol. The van der Waals surface area contributed by atoms with Crippen molar-refractivity contribution in [3.63, 3.8) is 0 Å². The molecule has 1 N–H and O–H groups in total. The molecule has 1 unspecified atom stereocenters. The molecule has 0 fully saturated rings. The molecule has 1 atom stereocenters. The highest BCUT2D eigenvalue weighted by Gasteiger charge is 2.24. The number of pyridine rings is 1. The molecule has 0 aliphatic rings. The molecule has 0 spiro atoms. The van der Waals surface area contributed by atoms with Crippen molar-refractivity contribution in [2.75, 3.05) is 0 Å². The topological polar surface area (TPSA) is 77.6 Å². The molecular formula is C18H20F4N6O. The van der Waals surface area contributed by atoms with Crippen molar-refractivity contribution in [1.29, 1.82) is 0 Å². The Hall–Kier alpha value is -2.98. The lowest BCUT2D eigenvalue weighted by atomic mass is 10.1. The smallest absolute Gasteiger partial charge is 0.280 e. The SMILES string of the molecule is Cc1ccn(CC(C)NC(=O)Cn2nc(C)c3c(C(F)F)cc(C(F)F)nc32)n1. The van der Waals surface area contributed by atoms with Crippen molar-refractivity contribution in [3.8, 4) is 0 Å². The fraction of sp³-hybridized carbons (Fsp3) is 0.444. The van der Waals surface area contributed by atoms with Crippen LogP contribution in [-0.2, 0) is 17.9 Å². The molecule has 11 heteroatoms. The molecule has 1 amide bonds. The van der Waals surface area contributed by atoms with Gasteiger partial charge in [0.25, 0.3) is 12.9 Å². The van der Waals surface area contributed by atoms with Crippen LogP contribution in [0.15, 0.2) is 18.3 Å². The third kappa shape index (κ3) is 4.54. The van der Waals surface area contributed by atoms with Crippen LogP contribution in [0.25, 0.3) is 11.0 Å². The Morgan fingerprint density at radius 3 is 2.48 bits per heavy atom. The van der Waals surface area contributed by atoms with E-state index < -0.39 is 30.0 Å². The second kappa shape index (κ2) is 8.18. The molecule has 3 aromatic rings. The minimum Gasteiger partial charge on any atom is -0.350 e. The van der Waals surface area contributed by atoms with Gasteiger partial charge in [0.05, 0.1) is 23.3 Å². The van der Waals surface area contributed by atoms with Gasteiger partial charge in [-0.2, -0.15) is 10.2 Å². The van der Waals surface area contributed by atoms with Gasteiger partial charge < -0.3 is 5.32 Å². The van der Waals surface area contributed by atoms with Gasteiger partial charge in [-0.25, -0.2) is 27.2 Å². The summed E-state index contributed by atoms with van der Waals surface area (Å²) in [5.74, 6) is -0.450. The number of aryl methyl sites for hydroxylation is 2. The fourth-order valence-corrected chi connectivity index (χ4v) is 3.15. The number of hydrogen-bond acceptors (Lipinski definition) is 4. The number of carbonyl (C=O) groups is 1. The molecule has 0 aliphatic heterocycles. The third-order valence-electron chi connectivity index (χ3n) is 4.32. The summed E-state index contributed by atoms with van der Waals surface area (Å²) in [6.45, 7) is 5.19. The number of aromatic nitrogens is 5. The van der Waals surface area contributed by atoms with Crippen LogP contribution in [0.5, 0.6) is 0 Å². The highest BCUT2D eigenvalue weighted by Crippen LogP contribution is 2.32. The van der Waals surface area contributed by atoms with E-state index in [9.17, 15) is 22.4 Å². The summed E-state index contributed by atoms with van der Waals surface area (Å²) >= 11 is 0. The largest absolute Gasteiger partial charge is 0.350 e. The van der Waals surface area contributed by atoms with E-state index in [1.807, 2.05) is 13.0 Å². The lowest BCUT2D eigenvalue weighted by molar-refractivity contribution is -0.122. The van der Waals surface area contributed by atoms with Crippen molar-refractivity contribution in [2.24, 2.45) is 0 Å². The van der Waals surface area contributed by atoms with Gasteiger partial charge in [-0.05, 0) is 32.9 Å². The van der Waals surface area contributed by atoms with Crippen LogP contribution in [0.4, 0.5) is 17.6 Å². The van der Waals surface area contributed by atoms with E-state index in [1.54, 1.807) is 17.8 Å². The molecule has 3 heterocycles. The van der Waals surface area contributed by atoms with Crippen LogP contribution < -0.4 is 5.32 Å². The van der Waals surface area contributed by atoms with Gasteiger partial charge in [0.15, 0.2) is 5.65 Å². The van der Waals surface area contributed by atoms with Crippen LogP contribution in [-0.4, -0.2) is 36.5 Å². The number of nitrogens with zero attached hydrogens (tertiary/aromatic N) is 5. The number of fused-ring (bicyclic) bond motifs is 1. The maximum Gasteiger partial charge on any atom is 0.280 e. The quantitative estimate of drug-likeness (QED) is 0.604. The normalized spacial score (nSPS) is 12.9. The van der Waals surface area contributed by atoms with E-state index in [1.165, 1.54) is 6.92 Å². The monoisotopic (exact) mass is 412 g/mol. The molecule has 3 rings (SSSR count). The first-order valence-electron chi connectivity index (χ1n) is 8.89. The van der Waals surface area contributed by atoms with Crippen LogP contribution in [0.2, 0.25) is 0 Å². The Balaban J connectivity index is 1.82. The first kappa shape index (κ1) is 20.7. The summed E-state index contributed by atoms with van der Waals surface area (Å²) < 4.78 is 55.7. The summed E-state index contributed by atoms with van der Waals surface area (Å²) in [6, 6.07) is 2.25. The third-order valence-corrected chi connectivity index (χ3v) is 4.32. The highest BCUT2D eigenvalue weighted by molar-refractivity contribution is 5.84. The maximum atomic E-state index is 13.4. The number of amides is 1. The molecule has 0 aliphatic carbocycles. The molecule has 156 valence electrons. The highest BCUT2D eigenvalue weighted by atomic mass is 19.3. The summed E-state index contributed by atoms with van der Waals surface area (Å²) in [7, 11) is 0. The van der Waals surface area contributed by atoms with Crippen molar-refractivity contribution in [3.05, 3.63) is 41.0 Å². The molecule has 0 saturated carbocycles. The second-order valence-electron chi connectivity index (χ2n) is 6.83. The van der Waals surface area contributed by atoms with Gasteiger partial charge in [0, 0.05) is 17.8 Å². The summed E-state index contributed by atoms with van der Waals surface area (Å²) in [4.78, 5) is 16.1. The second-order valence-corrected chi connectivity index (χ2v) is 6.83. The molecule has 7 nitrogen and oxygen atoms in total. The number of halogens is 4. The Kier molecular flexibility index (Phi) is 5.85. The van der Waals surface area contributed by atoms with Gasteiger partial charge in [0.1, 0.15) is 12.2 Å². The summed E-state index contributed by atoms with van der Waals surface area (Å²) in [5, 5.41) is 11.0. The van der Waals surface area contributed by atoms with Crippen LogP contribution in [0.3, 0.4) is 0 Å². The molecule has 0 saturated heterocycles. The van der Waals surface area contributed by atoms with Gasteiger partial charge in [-0.3, -0.25) is 9.48 Å². The number of alkyl halides is 4. The van der Waals surface area contributed by atoms with Crippen molar-refractivity contribution >= 4 is 16.9 Å². The zero-order chi connectivity index (χ0) is 21.3. The van der Waals surface area contributed by atoms with E-state index in [0.29, 0.717) is 12.6 Å². The van der Waals surface area contributed by atoms with E-state index in [0.717, 1.165) is 10.4 Å². The summed E-state index contributed by atoms with van der Waals surface area (Å²) in [5.41, 5.74) is -0.482. The predicted octanol–water partition coefficient (Wildman–Crippen LogP) is 3.32. The van der Waals surface area contributed by atoms with Gasteiger partial charge in [-0.1, -0.05) is 0 Å². The molecule has 0 radical (unpaired) electrons. The summed E-state index contributed by atoms with van der Waals surface area (Å²) in [6.07, 6.45) is -4.21. The van der Waals surface area contributed by atoms with Crippen LogP contribution in [0.1, 0.15) is 42.4 Å². The molecule has 0 bridgehead atoms. The van der Waals surface area contributed by atoms with E-state index >= 15 is 0 Å². The van der Waals surface area contributed by atoms with E-state index in [-0.39, 0.29) is 29.3 Å². The number of hydrogen-bond donors (Lipinski definition) is 1. The lowest BCUT2D eigenvalue weighted by Gasteiger charge is -2.14. The Morgan fingerprint density at radius 2 is 1.90 bits per heavy atom. The number of nitrogens with one attached hydrogen (secondary N) is 1. The van der Waals surface area contributed by atoms with Crippen molar-refractivity contribution in [1.82, 2.24) is 29.9 Å². The van der Waals surface area contributed by atoms with E-state index in [2.05, 4.69) is 20.5 Å². The molecule has 0 aromatic carbocycles. The van der Waals surface area contributed by atoms with Gasteiger partial charge in [0.2, 0.25) is 5.91 Å². The Bertz CT molecular complexity index is 1030. The van der Waals surface area contributed by atoms with Crippen molar-refractivity contribution < 1.29 is 22.4 Å². The van der Waals surface area contributed by atoms with E-state index in [4.69, 9.17) is 0 Å². The fourth-order valence-electron chi connectivity index (χ4n) is 3.15. The average Bonchev–Trinajstić information content (AvgIpc) is 3.17. The zero-order valence-electron chi connectivity index (χ0n) is 16.0. The molecular weight excluding hydrogens is 392 g/mol. The van der Waals surface area contributed by atoms with Crippen LogP contribution >= 0.6 is 0 Å². The minimum atomic E-state index is -3.02. The maximum absolute atomic E-state index is 13.4. The first-order valence-corrected chi connectivity index (χ1v) is 8.89. The van der Waals surface area contributed by atoms with Crippen molar-refractivity contribution in [2.45, 2.75) is 52.8 Å². The van der Waals surface area contributed by atoms with Crippen LogP contribution in [0, 0.1) is 13.8 Å². The number of rotatable bonds is 7. The Labute approximate surface area is 163 Å². The molecule has 29 heavy (non-hydrogen) atoms. The van der Waals surface area contributed by atoms with Gasteiger partial charge in [-0.15, -0.1) is 0 Å². The molecule has 3 aromatic heterocycles. The lowest BCUT2D eigenvalue weighted by Crippen LogP contribution is -2.38. The Morgan fingerprint density at radius 1 is 1.17 bits per heavy atom. The number of carbonyl (C=O) groups excluding carboxylic acids is 1. The zero-order valence-corrected chi connectivity index (χ0v) is 16.0.